The lowest BCUT2D eigenvalue weighted by Gasteiger charge is -2.06. The zero-order chi connectivity index (χ0) is 13.7. The summed E-state index contributed by atoms with van der Waals surface area (Å²) in [7, 11) is 0. The van der Waals surface area contributed by atoms with Gasteiger partial charge >= 0.3 is 6.61 Å². The number of nitrogens with one attached hydrogen (secondary N) is 1. The lowest BCUT2D eigenvalue weighted by molar-refractivity contribution is -0.0498. The Labute approximate surface area is 108 Å². The number of nitrogens with zero attached hydrogens (tertiary/aromatic N) is 1. The second kappa shape index (κ2) is 5.90. The minimum Gasteiger partial charge on any atom is -0.435 e. The maximum absolute atomic E-state index is 12.0. The second-order valence-electron chi connectivity index (χ2n) is 3.60. The molecule has 1 aromatic carbocycles. The molecule has 1 N–H and O–H groups in total. The first-order valence-electron chi connectivity index (χ1n) is 5.41. The molecule has 0 spiro atoms. The van der Waals surface area contributed by atoms with Crippen LogP contribution in [0.4, 0.5) is 14.5 Å². The summed E-state index contributed by atoms with van der Waals surface area (Å²) >= 11 is 0. The summed E-state index contributed by atoms with van der Waals surface area (Å²) < 4.78 is 28.1. The van der Waals surface area contributed by atoms with Gasteiger partial charge in [0, 0.05) is 11.8 Å². The van der Waals surface area contributed by atoms with E-state index in [4.69, 9.17) is 0 Å². The lowest BCUT2D eigenvalue weighted by Crippen LogP contribution is -2.12. The Morgan fingerprint density at radius 2 is 1.95 bits per heavy atom. The van der Waals surface area contributed by atoms with E-state index in [9.17, 15) is 13.6 Å². The molecule has 0 aliphatic heterocycles. The molecule has 19 heavy (non-hydrogen) atoms. The number of carbonyl (C=O) groups is 1. The molecule has 0 atom stereocenters. The summed E-state index contributed by atoms with van der Waals surface area (Å²) in [6.45, 7) is -2.88. The Bertz CT molecular complexity index is 544. The highest BCUT2D eigenvalue weighted by Gasteiger charge is 2.08. The molecule has 0 bridgehead atoms. The summed E-state index contributed by atoms with van der Waals surface area (Å²) in [6, 6.07) is 8.82. The number of rotatable bonds is 4. The van der Waals surface area contributed by atoms with Crippen molar-refractivity contribution in [2.24, 2.45) is 0 Å². The average Bonchev–Trinajstić information content (AvgIpc) is 2.40. The van der Waals surface area contributed by atoms with Crippen LogP contribution in [0.3, 0.4) is 0 Å². The highest BCUT2D eigenvalue weighted by Crippen LogP contribution is 2.15. The number of carbonyl (C=O) groups excluding carboxylic acids is 1. The zero-order valence-corrected chi connectivity index (χ0v) is 9.72. The Hall–Kier alpha value is -2.50. The topological polar surface area (TPSA) is 51.2 Å². The molecule has 0 aliphatic carbocycles. The highest BCUT2D eigenvalue weighted by molar-refractivity contribution is 6.04. The Balaban J connectivity index is 2.04. The fraction of sp³-hybridized carbons (Fsp3) is 0.0769. The van der Waals surface area contributed by atoms with E-state index in [1.54, 1.807) is 18.3 Å². The summed E-state index contributed by atoms with van der Waals surface area (Å²) in [6.07, 6.45) is 3.10. The highest BCUT2D eigenvalue weighted by atomic mass is 19.3. The molecule has 2 rings (SSSR count). The van der Waals surface area contributed by atoms with Crippen LogP contribution in [0.5, 0.6) is 5.75 Å². The Kier molecular flexibility index (Phi) is 4.02. The van der Waals surface area contributed by atoms with Gasteiger partial charge in [-0.25, -0.2) is 0 Å². The Morgan fingerprint density at radius 3 is 2.53 bits per heavy atom. The molecular weight excluding hydrogens is 254 g/mol. The van der Waals surface area contributed by atoms with Crippen molar-refractivity contribution in [3.63, 3.8) is 0 Å². The minimum atomic E-state index is -2.88. The Morgan fingerprint density at radius 1 is 1.21 bits per heavy atom. The summed E-state index contributed by atoms with van der Waals surface area (Å²) in [5.74, 6) is -0.343. The molecule has 4 nitrogen and oxygen atoms in total. The van der Waals surface area contributed by atoms with E-state index < -0.39 is 6.61 Å². The molecule has 0 fully saturated rings. The smallest absolute Gasteiger partial charge is 0.387 e. The van der Waals surface area contributed by atoms with Gasteiger partial charge in [0.1, 0.15) is 5.75 Å². The van der Waals surface area contributed by atoms with E-state index in [1.165, 1.54) is 30.5 Å². The molecule has 0 saturated carbocycles. The average molecular weight is 264 g/mol. The van der Waals surface area contributed by atoms with Crippen molar-refractivity contribution in [1.82, 2.24) is 4.98 Å². The van der Waals surface area contributed by atoms with Crippen molar-refractivity contribution in [2.45, 2.75) is 6.61 Å². The molecule has 1 heterocycles. The molecular formula is C13H10F2N2O2. The van der Waals surface area contributed by atoms with Crippen LogP contribution in [0.15, 0.2) is 48.8 Å². The third-order valence-electron chi connectivity index (χ3n) is 2.26. The van der Waals surface area contributed by atoms with E-state index in [1.807, 2.05) is 0 Å². The van der Waals surface area contributed by atoms with Crippen molar-refractivity contribution >= 4 is 11.6 Å². The molecule has 0 saturated heterocycles. The van der Waals surface area contributed by atoms with E-state index in [0.29, 0.717) is 11.3 Å². The van der Waals surface area contributed by atoms with Gasteiger partial charge in [-0.3, -0.25) is 9.78 Å². The van der Waals surface area contributed by atoms with Gasteiger partial charge in [0.2, 0.25) is 0 Å². The van der Waals surface area contributed by atoms with E-state index in [2.05, 4.69) is 15.0 Å². The minimum absolute atomic E-state index is 0.00734. The molecule has 6 heteroatoms. The molecule has 1 amide bonds. The number of hydrogen-bond acceptors (Lipinski definition) is 3. The second-order valence-corrected chi connectivity index (χ2v) is 3.60. The fourth-order valence-electron chi connectivity index (χ4n) is 1.43. The van der Waals surface area contributed by atoms with Gasteiger partial charge < -0.3 is 10.1 Å². The first kappa shape index (κ1) is 12.9. The number of halogens is 2. The third kappa shape index (κ3) is 3.74. The molecule has 0 aliphatic rings. The molecule has 1 aromatic heterocycles. The van der Waals surface area contributed by atoms with Crippen LogP contribution in [0, 0.1) is 0 Å². The summed E-state index contributed by atoms with van der Waals surface area (Å²) in [5, 5.41) is 2.63. The van der Waals surface area contributed by atoms with E-state index in [-0.39, 0.29) is 11.7 Å². The number of ether oxygens (including phenoxy) is 1. The third-order valence-corrected chi connectivity index (χ3v) is 2.26. The fourth-order valence-corrected chi connectivity index (χ4v) is 1.43. The number of pyridine rings is 1. The van der Waals surface area contributed by atoms with Crippen LogP contribution in [-0.4, -0.2) is 17.5 Å². The SMILES string of the molecule is O=C(Nc1cccnc1)c1ccc(OC(F)F)cc1. The van der Waals surface area contributed by atoms with E-state index >= 15 is 0 Å². The van der Waals surface area contributed by atoms with Crippen LogP contribution in [-0.2, 0) is 0 Å². The summed E-state index contributed by atoms with van der Waals surface area (Å²) in [5.41, 5.74) is 0.894. The van der Waals surface area contributed by atoms with Crippen molar-refractivity contribution in [3.8, 4) is 5.75 Å². The van der Waals surface area contributed by atoms with Crippen LogP contribution >= 0.6 is 0 Å². The van der Waals surface area contributed by atoms with Gasteiger partial charge in [-0.1, -0.05) is 0 Å². The number of aromatic nitrogens is 1. The van der Waals surface area contributed by atoms with Crippen LogP contribution < -0.4 is 10.1 Å². The number of anilines is 1. The standard InChI is InChI=1S/C13H10F2N2O2/c14-13(15)19-11-5-3-9(4-6-11)12(18)17-10-2-1-7-16-8-10/h1-8,13H,(H,17,18). The molecule has 0 unspecified atom stereocenters. The zero-order valence-electron chi connectivity index (χ0n) is 9.72. The van der Waals surface area contributed by atoms with Crippen molar-refractivity contribution in [2.75, 3.05) is 5.32 Å². The monoisotopic (exact) mass is 264 g/mol. The predicted molar refractivity (Wildman–Crippen MR) is 65.3 cm³/mol. The van der Waals surface area contributed by atoms with Gasteiger partial charge in [-0.15, -0.1) is 0 Å². The van der Waals surface area contributed by atoms with Crippen molar-refractivity contribution in [1.29, 1.82) is 0 Å². The van der Waals surface area contributed by atoms with Crippen LogP contribution in [0.1, 0.15) is 10.4 Å². The number of benzene rings is 1. The number of hydrogen-bond donors (Lipinski definition) is 1. The molecule has 2 aromatic rings. The number of amides is 1. The molecule has 98 valence electrons. The number of alkyl halides is 2. The van der Waals surface area contributed by atoms with E-state index in [0.717, 1.165) is 0 Å². The normalized spacial score (nSPS) is 10.3. The first-order valence-corrected chi connectivity index (χ1v) is 5.41. The van der Waals surface area contributed by atoms with Crippen molar-refractivity contribution in [3.05, 3.63) is 54.4 Å². The maximum Gasteiger partial charge on any atom is 0.387 e. The maximum atomic E-state index is 12.0. The summed E-state index contributed by atoms with van der Waals surface area (Å²) in [4.78, 5) is 15.7. The predicted octanol–water partition coefficient (Wildman–Crippen LogP) is 2.94. The van der Waals surface area contributed by atoms with Gasteiger partial charge in [-0.2, -0.15) is 8.78 Å². The van der Waals surface area contributed by atoms with Gasteiger partial charge in [-0.05, 0) is 36.4 Å². The van der Waals surface area contributed by atoms with Gasteiger partial charge in [0.05, 0.1) is 11.9 Å². The largest absolute Gasteiger partial charge is 0.435 e. The molecule has 0 radical (unpaired) electrons. The van der Waals surface area contributed by atoms with Gasteiger partial charge in [0.25, 0.3) is 5.91 Å². The first-order chi connectivity index (χ1) is 9.15. The lowest BCUT2D eigenvalue weighted by atomic mass is 10.2. The van der Waals surface area contributed by atoms with Gasteiger partial charge in [0.15, 0.2) is 0 Å². The quantitative estimate of drug-likeness (QED) is 0.923. The van der Waals surface area contributed by atoms with Crippen LogP contribution in [0.25, 0.3) is 0 Å². The van der Waals surface area contributed by atoms with Crippen LogP contribution in [0.2, 0.25) is 0 Å². The van der Waals surface area contributed by atoms with Crippen molar-refractivity contribution < 1.29 is 18.3 Å².